The highest BCUT2D eigenvalue weighted by Gasteiger charge is 2.34. The van der Waals surface area contributed by atoms with Crippen molar-refractivity contribution in [3.63, 3.8) is 0 Å². The lowest BCUT2D eigenvalue weighted by Crippen LogP contribution is -2.48. The standard InChI is InChI=1S/C14H15NO4/c1-2-19-14(18)13(17)15-11(9-16)8-7-10-5-3-4-6-12(10)15/h3-6,9,11H,2,7-8H2,1H3/t11-/m0/s1. The Morgan fingerprint density at radius 1 is 1.42 bits per heavy atom. The molecular formula is C14H15NO4. The SMILES string of the molecule is CCOC(=O)C(=O)N1c2ccccc2CC[C@H]1C=O. The predicted molar refractivity (Wildman–Crippen MR) is 68.7 cm³/mol. The van der Waals surface area contributed by atoms with Crippen LogP contribution >= 0.6 is 0 Å². The van der Waals surface area contributed by atoms with E-state index in [1.54, 1.807) is 19.1 Å². The van der Waals surface area contributed by atoms with Gasteiger partial charge in [0.15, 0.2) is 0 Å². The van der Waals surface area contributed by atoms with E-state index in [-0.39, 0.29) is 6.61 Å². The maximum Gasteiger partial charge on any atom is 0.397 e. The number of amides is 1. The highest BCUT2D eigenvalue weighted by Crippen LogP contribution is 2.30. The van der Waals surface area contributed by atoms with Crippen molar-refractivity contribution in [1.82, 2.24) is 0 Å². The third kappa shape index (κ3) is 2.50. The van der Waals surface area contributed by atoms with E-state index in [4.69, 9.17) is 4.74 Å². The molecule has 0 saturated carbocycles. The molecule has 0 unspecified atom stereocenters. The number of aldehydes is 1. The summed E-state index contributed by atoms with van der Waals surface area (Å²) in [6, 6.07) is 6.67. The van der Waals surface area contributed by atoms with Crippen LogP contribution in [0.2, 0.25) is 0 Å². The highest BCUT2D eigenvalue weighted by molar-refractivity contribution is 6.38. The fraction of sp³-hybridized carbons (Fsp3) is 0.357. The van der Waals surface area contributed by atoms with E-state index < -0.39 is 17.9 Å². The first-order valence-corrected chi connectivity index (χ1v) is 6.22. The van der Waals surface area contributed by atoms with Crippen LogP contribution in [0.1, 0.15) is 18.9 Å². The van der Waals surface area contributed by atoms with Crippen LogP contribution in [-0.4, -0.2) is 30.8 Å². The second-order valence-corrected chi connectivity index (χ2v) is 4.27. The second kappa shape index (κ2) is 5.65. The Labute approximate surface area is 111 Å². The molecule has 19 heavy (non-hydrogen) atoms. The molecule has 0 fully saturated rings. The van der Waals surface area contributed by atoms with E-state index in [0.29, 0.717) is 24.8 Å². The van der Waals surface area contributed by atoms with E-state index in [0.717, 1.165) is 5.56 Å². The van der Waals surface area contributed by atoms with Crippen molar-refractivity contribution in [2.24, 2.45) is 0 Å². The zero-order valence-corrected chi connectivity index (χ0v) is 10.7. The Morgan fingerprint density at radius 3 is 2.84 bits per heavy atom. The van der Waals surface area contributed by atoms with E-state index in [2.05, 4.69) is 0 Å². The predicted octanol–water partition coefficient (Wildman–Crippen LogP) is 1.10. The smallest absolute Gasteiger partial charge is 0.397 e. The zero-order chi connectivity index (χ0) is 13.8. The maximum absolute atomic E-state index is 12.1. The van der Waals surface area contributed by atoms with Crippen molar-refractivity contribution in [3.8, 4) is 0 Å². The van der Waals surface area contributed by atoms with Gasteiger partial charge in [-0.1, -0.05) is 18.2 Å². The van der Waals surface area contributed by atoms with Crippen LogP contribution in [0.5, 0.6) is 0 Å². The fourth-order valence-electron chi connectivity index (χ4n) is 2.25. The van der Waals surface area contributed by atoms with Gasteiger partial charge in [0.2, 0.25) is 0 Å². The number of hydrogen-bond acceptors (Lipinski definition) is 4. The Hall–Kier alpha value is -2.17. The molecule has 0 N–H and O–H groups in total. The quantitative estimate of drug-likeness (QED) is 0.454. The molecule has 100 valence electrons. The lowest BCUT2D eigenvalue weighted by Gasteiger charge is -2.33. The van der Waals surface area contributed by atoms with Crippen molar-refractivity contribution >= 4 is 23.9 Å². The third-order valence-corrected chi connectivity index (χ3v) is 3.12. The monoisotopic (exact) mass is 261 g/mol. The van der Waals surface area contributed by atoms with Gasteiger partial charge >= 0.3 is 11.9 Å². The van der Waals surface area contributed by atoms with Crippen LogP contribution in [-0.2, 0) is 25.5 Å². The number of carbonyl (C=O) groups is 3. The van der Waals surface area contributed by atoms with Gasteiger partial charge in [0.1, 0.15) is 6.29 Å². The molecule has 1 aliphatic heterocycles. The molecular weight excluding hydrogens is 246 g/mol. The summed E-state index contributed by atoms with van der Waals surface area (Å²) in [6.07, 6.45) is 1.94. The van der Waals surface area contributed by atoms with Gasteiger partial charge in [0.05, 0.1) is 12.6 Å². The Balaban J connectivity index is 2.37. The van der Waals surface area contributed by atoms with Crippen LogP contribution in [0, 0.1) is 0 Å². The number of anilines is 1. The molecule has 1 aromatic carbocycles. The summed E-state index contributed by atoms with van der Waals surface area (Å²) in [4.78, 5) is 36.1. The first-order valence-electron chi connectivity index (χ1n) is 6.22. The van der Waals surface area contributed by atoms with Gasteiger partial charge in [0.25, 0.3) is 0 Å². The minimum Gasteiger partial charge on any atom is -0.459 e. The van der Waals surface area contributed by atoms with Gasteiger partial charge < -0.3 is 9.53 Å². The number of esters is 1. The van der Waals surface area contributed by atoms with Crippen LogP contribution in [0.3, 0.4) is 0 Å². The number of para-hydroxylation sites is 1. The summed E-state index contributed by atoms with van der Waals surface area (Å²) < 4.78 is 4.72. The fourth-order valence-corrected chi connectivity index (χ4v) is 2.25. The molecule has 1 heterocycles. The van der Waals surface area contributed by atoms with Crippen molar-refractivity contribution < 1.29 is 19.1 Å². The van der Waals surface area contributed by atoms with Crippen LogP contribution in [0.4, 0.5) is 5.69 Å². The van der Waals surface area contributed by atoms with Gasteiger partial charge in [-0.25, -0.2) is 4.79 Å². The minimum atomic E-state index is -0.925. The van der Waals surface area contributed by atoms with Gasteiger partial charge in [-0.2, -0.15) is 0 Å². The topological polar surface area (TPSA) is 63.7 Å². The summed E-state index contributed by atoms with van der Waals surface area (Å²) in [7, 11) is 0. The molecule has 2 rings (SSSR count). The van der Waals surface area contributed by atoms with Crippen molar-refractivity contribution in [2.45, 2.75) is 25.8 Å². The highest BCUT2D eigenvalue weighted by atomic mass is 16.5. The molecule has 1 atom stereocenters. The molecule has 1 amide bonds. The molecule has 0 spiro atoms. The van der Waals surface area contributed by atoms with Crippen LogP contribution in [0.25, 0.3) is 0 Å². The Kier molecular flexibility index (Phi) is 3.94. The third-order valence-electron chi connectivity index (χ3n) is 3.12. The van der Waals surface area contributed by atoms with Crippen molar-refractivity contribution in [2.75, 3.05) is 11.5 Å². The summed E-state index contributed by atoms with van der Waals surface area (Å²) in [6.45, 7) is 1.76. The van der Waals surface area contributed by atoms with Crippen LogP contribution < -0.4 is 4.90 Å². The lowest BCUT2D eigenvalue weighted by molar-refractivity contribution is -0.153. The average molecular weight is 261 g/mol. The maximum atomic E-state index is 12.1. The number of carbonyl (C=O) groups excluding carboxylic acids is 3. The van der Waals surface area contributed by atoms with E-state index >= 15 is 0 Å². The molecule has 5 nitrogen and oxygen atoms in total. The first kappa shape index (κ1) is 13.3. The number of fused-ring (bicyclic) bond motifs is 1. The van der Waals surface area contributed by atoms with Gasteiger partial charge in [-0.15, -0.1) is 0 Å². The van der Waals surface area contributed by atoms with E-state index in [1.807, 2.05) is 12.1 Å². The largest absolute Gasteiger partial charge is 0.459 e. The molecule has 1 aromatic rings. The molecule has 0 saturated heterocycles. The van der Waals surface area contributed by atoms with Gasteiger partial charge in [-0.3, -0.25) is 9.69 Å². The lowest BCUT2D eigenvalue weighted by atomic mass is 9.96. The van der Waals surface area contributed by atoms with E-state index in [9.17, 15) is 14.4 Å². The molecule has 1 aliphatic rings. The number of nitrogens with zero attached hydrogens (tertiary/aromatic N) is 1. The van der Waals surface area contributed by atoms with Gasteiger partial charge in [-0.05, 0) is 31.4 Å². The number of benzene rings is 1. The van der Waals surface area contributed by atoms with Gasteiger partial charge in [0, 0.05) is 5.69 Å². The summed E-state index contributed by atoms with van der Waals surface area (Å²) >= 11 is 0. The van der Waals surface area contributed by atoms with Crippen molar-refractivity contribution in [3.05, 3.63) is 29.8 Å². The number of rotatable bonds is 2. The second-order valence-electron chi connectivity index (χ2n) is 4.27. The number of ether oxygens (including phenoxy) is 1. The molecule has 5 heteroatoms. The molecule has 0 radical (unpaired) electrons. The minimum absolute atomic E-state index is 0.131. The summed E-state index contributed by atoms with van der Waals surface area (Å²) in [5, 5.41) is 0. The summed E-state index contributed by atoms with van der Waals surface area (Å²) in [5.41, 5.74) is 1.57. The average Bonchev–Trinajstić information content (AvgIpc) is 2.45. The summed E-state index contributed by atoms with van der Waals surface area (Å²) in [5.74, 6) is -1.71. The number of hydrogen-bond donors (Lipinski definition) is 0. The van der Waals surface area contributed by atoms with Crippen molar-refractivity contribution in [1.29, 1.82) is 0 Å². The molecule has 0 bridgehead atoms. The normalized spacial score (nSPS) is 17.5. The number of aryl methyl sites for hydroxylation is 1. The Morgan fingerprint density at radius 2 is 2.16 bits per heavy atom. The molecule has 0 aliphatic carbocycles. The Bertz CT molecular complexity index is 512. The van der Waals surface area contributed by atoms with E-state index in [1.165, 1.54) is 4.90 Å². The molecule has 0 aromatic heterocycles. The zero-order valence-electron chi connectivity index (χ0n) is 10.7. The first-order chi connectivity index (χ1) is 9.19. The van der Waals surface area contributed by atoms with Crippen LogP contribution in [0.15, 0.2) is 24.3 Å².